The standard InChI is InChI=1S/C14H20BrF2NO/c1-14(2,3)18-8-12(19-9-13(16)17)10-6-4-5-7-11(10)15/h4-7,12-13,18H,8-9H2,1-3H3. The summed E-state index contributed by atoms with van der Waals surface area (Å²) < 4.78 is 30.8. The molecule has 1 unspecified atom stereocenters. The number of benzene rings is 1. The minimum atomic E-state index is -2.46. The summed E-state index contributed by atoms with van der Waals surface area (Å²) in [4.78, 5) is 0. The summed E-state index contributed by atoms with van der Waals surface area (Å²) in [6, 6.07) is 7.51. The lowest BCUT2D eigenvalue weighted by Crippen LogP contribution is -2.39. The Balaban J connectivity index is 2.77. The fourth-order valence-electron chi connectivity index (χ4n) is 1.58. The molecular weight excluding hydrogens is 316 g/mol. The van der Waals surface area contributed by atoms with Gasteiger partial charge in [-0.2, -0.15) is 0 Å². The maximum absolute atomic E-state index is 12.3. The van der Waals surface area contributed by atoms with Gasteiger partial charge in [0.2, 0.25) is 0 Å². The Kier molecular flexibility index (Phi) is 6.36. The summed E-state index contributed by atoms with van der Waals surface area (Å²) in [5.41, 5.74) is 0.785. The van der Waals surface area contributed by atoms with Crippen LogP contribution in [0, 0.1) is 0 Å². The van der Waals surface area contributed by atoms with Crippen molar-refractivity contribution in [2.24, 2.45) is 0 Å². The first-order valence-electron chi connectivity index (χ1n) is 6.19. The number of ether oxygens (including phenoxy) is 1. The molecule has 1 atom stereocenters. The highest BCUT2D eigenvalue weighted by Crippen LogP contribution is 2.26. The van der Waals surface area contributed by atoms with Gasteiger partial charge in [0, 0.05) is 16.6 Å². The zero-order valence-corrected chi connectivity index (χ0v) is 13.0. The summed E-state index contributed by atoms with van der Waals surface area (Å²) in [6.07, 6.45) is -2.86. The van der Waals surface area contributed by atoms with Crippen molar-refractivity contribution in [2.45, 2.75) is 38.8 Å². The van der Waals surface area contributed by atoms with Gasteiger partial charge in [0.15, 0.2) is 0 Å². The Morgan fingerprint density at radius 2 is 1.89 bits per heavy atom. The van der Waals surface area contributed by atoms with Crippen molar-refractivity contribution in [1.29, 1.82) is 0 Å². The Hall–Kier alpha value is -0.520. The second kappa shape index (κ2) is 7.31. The molecule has 0 aromatic heterocycles. The molecule has 0 bridgehead atoms. The monoisotopic (exact) mass is 335 g/mol. The highest BCUT2D eigenvalue weighted by atomic mass is 79.9. The predicted molar refractivity (Wildman–Crippen MR) is 76.6 cm³/mol. The van der Waals surface area contributed by atoms with Crippen LogP contribution in [0.5, 0.6) is 0 Å². The number of alkyl halides is 2. The smallest absolute Gasteiger partial charge is 0.261 e. The summed E-state index contributed by atoms with van der Waals surface area (Å²) in [6.45, 7) is 6.00. The molecule has 1 rings (SSSR count). The Labute approximate surface area is 121 Å². The molecule has 0 aliphatic carbocycles. The van der Waals surface area contributed by atoms with E-state index in [1.54, 1.807) is 0 Å². The third kappa shape index (κ3) is 6.45. The molecule has 1 aromatic carbocycles. The van der Waals surface area contributed by atoms with Crippen LogP contribution < -0.4 is 5.32 Å². The van der Waals surface area contributed by atoms with E-state index in [9.17, 15) is 8.78 Å². The highest BCUT2D eigenvalue weighted by Gasteiger charge is 2.19. The van der Waals surface area contributed by atoms with Crippen LogP contribution >= 0.6 is 15.9 Å². The van der Waals surface area contributed by atoms with E-state index in [4.69, 9.17) is 4.74 Å². The SMILES string of the molecule is CC(C)(C)NCC(OCC(F)F)c1ccccc1Br. The van der Waals surface area contributed by atoms with Crippen LogP contribution in [0.4, 0.5) is 8.78 Å². The summed E-state index contributed by atoms with van der Waals surface area (Å²) in [7, 11) is 0. The van der Waals surface area contributed by atoms with Gasteiger partial charge < -0.3 is 10.1 Å². The number of hydrogen-bond acceptors (Lipinski definition) is 2. The van der Waals surface area contributed by atoms with Crippen molar-refractivity contribution >= 4 is 15.9 Å². The zero-order chi connectivity index (χ0) is 14.5. The van der Waals surface area contributed by atoms with E-state index in [1.807, 2.05) is 45.0 Å². The third-order valence-electron chi connectivity index (χ3n) is 2.49. The number of halogens is 3. The molecule has 1 N–H and O–H groups in total. The van der Waals surface area contributed by atoms with Gasteiger partial charge in [-0.05, 0) is 32.4 Å². The topological polar surface area (TPSA) is 21.3 Å². The first-order chi connectivity index (χ1) is 8.79. The predicted octanol–water partition coefficient (Wildman–Crippen LogP) is 4.16. The van der Waals surface area contributed by atoms with Gasteiger partial charge in [-0.15, -0.1) is 0 Å². The highest BCUT2D eigenvalue weighted by molar-refractivity contribution is 9.10. The van der Waals surface area contributed by atoms with Crippen LogP contribution in [-0.4, -0.2) is 25.1 Å². The third-order valence-corrected chi connectivity index (χ3v) is 3.22. The van der Waals surface area contributed by atoms with Gasteiger partial charge in [0.25, 0.3) is 6.43 Å². The van der Waals surface area contributed by atoms with Crippen molar-refractivity contribution in [1.82, 2.24) is 5.32 Å². The normalized spacial score (nSPS) is 13.8. The van der Waals surface area contributed by atoms with Crippen molar-refractivity contribution < 1.29 is 13.5 Å². The first kappa shape index (κ1) is 16.5. The second-order valence-electron chi connectivity index (χ2n) is 5.37. The molecule has 1 aromatic rings. The van der Waals surface area contributed by atoms with E-state index < -0.39 is 19.1 Å². The van der Waals surface area contributed by atoms with Crippen LogP contribution in [-0.2, 0) is 4.74 Å². The molecular formula is C14H20BrF2NO. The van der Waals surface area contributed by atoms with Crippen LogP contribution in [0.1, 0.15) is 32.4 Å². The quantitative estimate of drug-likeness (QED) is 0.842. The van der Waals surface area contributed by atoms with Crippen LogP contribution in [0.25, 0.3) is 0 Å². The number of rotatable bonds is 6. The molecule has 19 heavy (non-hydrogen) atoms. The maximum Gasteiger partial charge on any atom is 0.261 e. The van der Waals surface area contributed by atoms with E-state index >= 15 is 0 Å². The first-order valence-corrected chi connectivity index (χ1v) is 6.98. The molecule has 2 nitrogen and oxygen atoms in total. The zero-order valence-electron chi connectivity index (χ0n) is 11.4. The summed E-state index contributed by atoms with van der Waals surface area (Å²) >= 11 is 3.43. The lowest BCUT2D eigenvalue weighted by Gasteiger charge is -2.26. The van der Waals surface area contributed by atoms with Gasteiger partial charge in [-0.1, -0.05) is 34.1 Å². The summed E-state index contributed by atoms with van der Waals surface area (Å²) in [5.74, 6) is 0. The van der Waals surface area contributed by atoms with Crippen molar-refractivity contribution in [3.8, 4) is 0 Å². The average molecular weight is 336 g/mol. The minimum absolute atomic E-state index is 0.0896. The molecule has 0 saturated heterocycles. The molecule has 0 fully saturated rings. The van der Waals surface area contributed by atoms with Gasteiger partial charge in [0.1, 0.15) is 6.61 Å². The number of hydrogen-bond donors (Lipinski definition) is 1. The number of nitrogens with one attached hydrogen (secondary N) is 1. The Morgan fingerprint density at radius 3 is 2.42 bits per heavy atom. The van der Waals surface area contributed by atoms with Crippen LogP contribution in [0.15, 0.2) is 28.7 Å². The fourth-order valence-corrected chi connectivity index (χ4v) is 2.12. The van der Waals surface area contributed by atoms with E-state index in [-0.39, 0.29) is 5.54 Å². The molecule has 0 heterocycles. The molecule has 0 saturated carbocycles. The van der Waals surface area contributed by atoms with Gasteiger partial charge in [-0.3, -0.25) is 0 Å². The Morgan fingerprint density at radius 1 is 1.26 bits per heavy atom. The average Bonchev–Trinajstić information content (AvgIpc) is 2.29. The largest absolute Gasteiger partial charge is 0.366 e. The van der Waals surface area contributed by atoms with E-state index in [2.05, 4.69) is 21.2 Å². The van der Waals surface area contributed by atoms with E-state index in [0.29, 0.717) is 6.54 Å². The molecule has 0 amide bonds. The van der Waals surface area contributed by atoms with Crippen molar-refractivity contribution in [3.63, 3.8) is 0 Å². The van der Waals surface area contributed by atoms with E-state index in [0.717, 1.165) is 10.0 Å². The molecule has 0 aliphatic heterocycles. The molecule has 5 heteroatoms. The van der Waals surface area contributed by atoms with Crippen molar-refractivity contribution in [3.05, 3.63) is 34.3 Å². The van der Waals surface area contributed by atoms with Crippen molar-refractivity contribution in [2.75, 3.05) is 13.2 Å². The van der Waals surface area contributed by atoms with Gasteiger partial charge >= 0.3 is 0 Å². The van der Waals surface area contributed by atoms with Gasteiger partial charge in [0.05, 0.1) is 6.10 Å². The fraction of sp³-hybridized carbons (Fsp3) is 0.571. The molecule has 0 aliphatic rings. The lowest BCUT2D eigenvalue weighted by atomic mass is 10.1. The van der Waals surface area contributed by atoms with E-state index in [1.165, 1.54) is 0 Å². The minimum Gasteiger partial charge on any atom is -0.366 e. The van der Waals surface area contributed by atoms with Crippen LogP contribution in [0.3, 0.4) is 0 Å². The molecule has 0 radical (unpaired) electrons. The second-order valence-corrected chi connectivity index (χ2v) is 6.22. The maximum atomic E-state index is 12.3. The van der Waals surface area contributed by atoms with Gasteiger partial charge in [-0.25, -0.2) is 8.78 Å². The molecule has 108 valence electrons. The van der Waals surface area contributed by atoms with Crippen LogP contribution in [0.2, 0.25) is 0 Å². The lowest BCUT2D eigenvalue weighted by molar-refractivity contribution is -0.0265. The summed E-state index contributed by atoms with van der Waals surface area (Å²) in [5, 5.41) is 3.28. The Bertz CT molecular complexity index is 393. The molecule has 0 spiro atoms.